The molecule has 0 aromatic heterocycles. The van der Waals surface area contributed by atoms with E-state index in [9.17, 15) is 4.79 Å². The number of rotatable bonds is 4. The van der Waals surface area contributed by atoms with Crippen LogP contribution >= 0.6 is 46.4 Å². The highest BCUT2D eigenvalue weighted by Crippen LogP contribution is 2.29. The molecule has 17 heavy (non-hydrogen) atoms. The molecule has 0 bridgehead atoms. The van der Waals surface area contributed by atoms with Gasteiger partial charge in [-0.25, -0.2) is 0 Å². The molecule has 0 radical (unpaired) electrons. The number of benzene rings is 1. The molecule has 2 nitrogen and oxygen atoms in total. The van der Waals surface area contributed by atoms with E-state index in [2.05, 4.69) is 0 Å². The van der Waals surface area contributed by atoms with Crippen molar-refractivity contribution < 1.29 is 9.90 Å². The van der Waals surface area contributed by atoms with Gasteiger partial charge in [0.25, 0.3) is 0 Å². The van der Waals surface area contributed by atoms with Crippen LogP contribution in [-0.4, -0.2) is 11.1 Å². The smallest absolute Gasteiger partial charge is 0.311 e. The Morgan fingerprint density at radius 3 is 2.41 bits per heavy atom. The fourth-order valence-electron chi connectivity index (χ4n) is 1.32. The number of carboxylic acid groups (broad SMARTS) is 1. The highest BCUT2D eigenvalue weighted by molar-refractivity contribution is 6.55. The largest absolute Gasteiger partial charge is 0.481 e. The standard InChI is InChI=1S/C11H8Cl4O2/c12-8-3-1-6(5-9(8)13)7(11(16)17)2-4-10(14)15/h1,3-5,7H,2H2,(H,16,17). The third-order valence-corrected chi connectivity index (χ3v) is 3.20. The van der Waals surface area contributed by atoms with E-state index in [1.807, 2.05) is 0 Å². The second-order valence-corrected chi connectivity index (χ2v) is 5.12. The van der Waals surface area contributed by atoms with E-state index in [4.69, 9.17) is 51.5 Å². The van der Waals surface area contributed by atoms with Gasteiger partial charge in [-0.15, -0.1) is 0 Å². The molecule has 6 heteroatoms. The molecule has 0 amide bonds. The van der Waals surface area contributed by atoms with Gasteiger partial charge >= 0.3 is 5.97 Å². The minimum absolute atomic E-state index is 0.0383. The molecular formula is C11H8Cl4O2. The van der Waals surface area contributed by atoms with Crippen molar-refractivity contribution in [1.29, 1.82) is 0 Å². The van der Waals surface area contributed by atoms with Gasteiger partial charge in [-0.2, -0.15) is 0 Å². The molecule has 0 saturated heterocycles. The highest BCUT2D eigenvalue weighted by Gasteiger charge is 2.19. The highest BCUT2D eigenvalue weighted by atomic mass is 35.5. The Balaban J connectivity index is 3.01. The molecule has 1 rings (SSSR count). The maximum Gasteiger partial charge on any atom is 0.311 e. The van der Waals surface area contributed by atoms with E-state index in [-0.39, 0.29) is 10.9 Å². The Morgan fingerprint density at radius 1 is 1.29 bits per heavy atom. The zero-order valence-electron chi connectivity index (χ0n) is 8.46. The van der Waals surface area contributed by atoms with Gasteiger partial charge in [-0.1, -0.05) is 58.5 Å². The topological polar surface area (TPSA) is 37.3 Å². The first-order valence-electron chi connectivity index (χ1n) is 4.60. The first kappa shape index (κ1) is 14.7. The fraction of sp³-hybridized carbons (Fsp3) is 0.182. The zero-order chi connectivity index (χ0) is 13.0. The van der Waals surface area contributed by atoms with Crippen molar-refractivity contribution in [3.05, 3.63) is 44.4 Å². The number of hydrogen-bond donors (Lipinski definition) is 1. The maximum atomic E-state index is 11.1. The van der Waals surface area contributed by atoms with Crippen LogP contribution in [0.2, 0.25) is 10.0 Å². The van der Waals surface area contributed by atoms with Crippen molar-refractivity contribution in [3.63, 3.8) is 0 Å². The summed E-state index contributed by atoms with van der Waals surface area (Å²) in [7, 11) is 0. The Hall–Kier alpha value is -0.410. The van der Waals surface area contributed by atoms with E-state index in [0.29, 0.717) is 15.6 Å². The summed E-state index contributed by atoms with van der Waals surface area (Å²) in [6, 6.07) is 4.70. The summed E-state index contributed by atoms with van der Waals surface area (Å²) in [6.45, 7) is 0. The van der Waals surface area contributed by atoms with Gasteiger partial charge in [0.2, 0.25) is 0 Å². The molecule has 1 atom stereocenters. The van der Waals surface area contributed by atoms with Gasteiger partial charge in [0.15, 0.2) is 0 Å². The molecule has 1 aromatic carbocycles. The summed E-state index contributed by atoms with van der Waals surface area (Å²) in [5.74, 6) is -1.73. The summed E-state index contributed by atoms with van der Waals surface area (Å²) in [4.78, 5) is 11.1. The van der Waals surface area contributed by atoms with Crippen molar-refractivity contribution in [1.82, 2.24) is 0 Å². The molecule has 92 valence electrons. The molecule has 1 aromatic rings. The summed E-state index contributed by atoms with van der Waals surface area (Å²) >= 11 is 22.5. The van der Waals surface area contributed by atoms with Crippen LogP contribution < -0.4 is 0 Å². The van der Waals surface area contributed by atoms with Crippen LogP contribution in [0.5, 0.6) is 0 Å². The van der Waals surface area contributed by atoms with Gasteiger partial charge in [-0.3, -0.25) is 4.79 Å². The number of carbonyl (C=O) groups is 1. The molecule has 0 saturated carbocycles. The lowest BCUT2D eigenvalue weighted by atomic mass is 9.96. The average molecular weight is 314 g/mol. The molecule has 0 heterocycles. The van der Waals surface area contributed by atoms with Gasteiger partial charge in [0.1, 0.15) is 4.49 Å². The third kappa shape index (κ3) is 4.40. The number of aliphatic carboxylic acids is 1. The number of halogens is 4. The lowest BCUT2D eigenvalue weighted by molar-refractivity contribution is -0.138. The third-order valence-electron chi connectivity index (χ3n) is 2.15. The fourth-order valence-corrected chi connectivity index (χ4v) is 1.80. The quantitative estimate of drug-likeness (QED) is 0.861. The maximum absolute atomic E-state index is 11.1. The molecule has 0 aliphatic rings. The molecule has 0 aliphatic heterocycles. The molecule has 1 unspecified atom stereocenters. The Bertz CT molecular complexity index is 453. The summed E-state index contributed by atoms with van der Waals surface area (Å²) in [6.07, 6.45) is 1.63. The lowest BCUT2D eigenvalue weighted by Gasteiger charge is -2.11. The second kappa shape index (κ2) is 6.50. The first-order chi connectivity index (χ1) is 7.91. The van der Waals surface area contributed by atoms with Gasteiger partial charge < -0.3 is 5.11 Å². The monoisotopic (exact) mass is 312 g/mol. The minimum Gasteiger partial charge on any atom is -0.481 e. The predicted octanol–water partition coefficient (Wildman–Crippen LogP) is 4.87. The van der Waals surface area contributed by atoms with Crippen LogP contribution in [0.1, 0.15) is 17.9 Å². The number of carboxylic acids is 1. The summed E-state index contributed by atoms with van der Waals surface area (Å²) in [5.41, 5.74) is 0.553. The minimum atomic E-state index is -0.978. The van der Waals surface area contributed by atoms with E-state index < -0.39 is 11.9 Å². The second-order valence-electron chi connectivity index (χ2n) is 3.29. The van der Waals surface area contributed by atoms with Crippen molar-refractivity contribution in [2.24, 2.45) is 0 Å². The van der Waals surface area contributed by atoms with Gasteiger partial charge in [-0.05, 0) is 24.1 Å². The Kier molecular flexibility index (Phi) is 5.60. The predicted molar refractivity (Wildman–Crippen MR) is 71.2 cm³/mol. The number of hydrogen-bond acceptors (Lipinski definition) is 1. The van der Waals surface area contributed by atoms with Crippen LogP contribution in [-0.2, 0) is 4.79 Å². The van der Waals surface area contributed by atoms with Gasteiger partial charge in [0.05, 0.1) is 16.0 Å². The van der Waals surface area contributed by atoms with Crippen molar-refractivity contribution in [3.8, 4) is 0 Å². The van der Waals surface area contributed by atoms with E-state index >= 15 is 0 Å². The first-order valence-corrected chi connectivity index (χ1v) is 6.12. The van der Waals surface area contributed by atoms with Crippen molar-refractivity contribution in [2.75, 3.05) is 0 Å². The van der Waals surface area contributed by atoms with Crippen LogP contribution in [0.25, 0.3) is 0 Å². The molecule has 1 N–H and O–H groups in total. The van der Waals surface area contributed by atoms with E-state index in [1.165, 1.54) is 12.1 Å². The van der Waals surface area contributed by atoms with E-state index in [1.54, 1.807) is 12.1 Å². The zero-order valence-corrected chi connectivity index (χ0v) is 11.5. The van der Waals surface area contributed by atoms with Gasteiger partial charge in [0, 0.05) is 0 Å². The Labute approximate surface area is 119 Å². The van der Waals surface area contributed by atoms with Crippen LogP contribution in [0, 0.1) is 0 Å². The molecule has 0 aliphatic carbocycles. The molecule has 0 fully saturated rings. The van der Waals surface area contributed by atoms with Crippen molar-refractivity contribution >= 4 is 52.4 Å². The van der Waals surface area contributed by atoms with Crippen LogP contribution in [0.15, 0.2) is 28.8 Å². The molecule has 0 spiro atoms. The van der Waals surface area contributed by atoms with E-state index in [0.717, 1.165) is 0 Å². The number of allylic oxidation sites excluding steroid dienone is 1. The summed E-state index contributed by atoms with van der Waals surface area (Å²) < 4.78 is 0.0383. The average Bonchev–Trinajstić information content (AvgIpc) is 2.22. The normalized spacial score (nSPS) is 12.0. The SMILES string of the molecule is O=C(O)C(CC=C(Cl)Cl)c1ccc(Cl)c(Cl)c1. The van der Waals surface area contributed by atoms with Crippen LogP contribution in [0.4, 0.5) is 0 Å². The molecular weight excluding hydrogens is 306 g/mol. The summed E-state index contributed by atoms with van der Waals surface area (Å²) in [5, 5.41) is 9.80. The Morgan fingerprint density at radius 2 is 1.94 bits per heavy atom. The lowest BCUT2D eigenvalue weighted by Crippen LogP contribution is -2.10. The van der Waals surface area contributed by atoms with Crippen molar-refractivity contribution in [2.45, 2.75) is 12.3 Å². The van der Waals surface area contributed by atoms with Crippen LogP contribution in [0.3, 0.4) is 0 Å².